The summed E-state index contributed by atoms with van der Waals surface area (Å²) in [5, 5.41) is 10.2. The van der Waals surface area contributed by atoms with Crippen molar-refractivity contribution < 1.29 is 0 Å². The number of benzene rings is 1. The second kappa shape index (κ2) is 8.64. The second-order valence-corrected chi connectivity index (χ2v) is 10.1. The quantitative estimate of drug-likeness (QED) is 0.421. The van der Waals surface area contributed by atoms with Gasteiger partial charge in [-0.1, -0.05) is 25.1 Å². The number of hydrogen-bond donors (Lipinski definition) is 1. The molecular formula is C25H30N6S. The molecule has 7 heteroatoms. The summed E-state index contributed by atoms with van der Waals surface area (Å²) in [5.74, 6) is 1.66. The number of piperidine rings is 1. The number of nitrogens with zero attached hydrogens (tertiary/aromatic N) is 5. The van der Waals surface area contributed by atoms with Gasteiger partial charge >= 0.3 is 0 Å². The van der Waals surface area contributed by atoms with Crippen LogP contribution in [0.15, 0.2) is 36.4 Å². The average Bonchev–Trinajstić information content (AvgIpc) is 3.29. The Morgan fingerprint density at radius 3 is 2.53 bits per heavy atom. The predicted octanol–water partition coefficient (Wildman–Crippen LogP) is 5.78. The number of anilines is 2. The van der Waals surface area contributed by atoms with Crippen molar-refractivity contribution in [2.45, 2.75) is 47.1 Å². The molecule has 0 bridgehead atoms. The molecule has 6 nitrogen and oxygen atoms in total. The minimum atomic E-state index is 0.805. The molecular weight excluding hydrogens is 416 g/mol. The highest BCUT2D eigenvalue weighted by molar-refractivity contribution is 7.15. The summed E-state index contributed by atoms with van der Waals surface area (Å²) >= 11 is 1.74. The summed E-state index contributed by atoms with van der Waals surface area (Å²) in [4.78, 5) is 13.6. The Bertz CT molecular complexity index is 1230. The monoisotopic (exact) mass is 446 g/mol. The van der Waals surface area contributed by atoms with Gasteiger partial charge in [-0.05, 0) is 76.4 Å². The zero-order chi connectivity index (χ0) is 22.2. The standard InChI is InChI=1S/C25H30N6S/c1-16-10-12-30(13-11-16)15-21-18(3)26-25(32-21)28-22-14-17(2)23-19(4)29-31(24(23)27-22)20-8-6-5-7-9-20/h5-9,14,16H,10-13,15H2,1-4H3,(H,26,27,28). The average molecular weight is 447 g/mol. The molecule has 4 aromatic rings. The molecule has 0 unspecified atom stereocenters. The van der Waals surface area contributed by atoms with Crippen molar-refractivity contribution in [3.8, 4) is 5.69 Å². The summed E-state index contributed by atoms with van der Waals surface area (Å²) in [6.07, 6.45) is 2.58. The molecule has 5 rings (SSSR count). The molecule has 0 amide bonds. The van der Waals surface area contributed by atoms with Gasteiger partial charge < -0.3 is 5.32 Å². The fraction of sp³-hybridized carbons (Fsp3) is 0.400. The molecule has 0 aliphatic carbocycles. The van der Waals surface area contributed by atoms with Crippen LogP contribution in [0.1, 0.15) is 41.6 Å². The fourth-order valence-corrected chi connectivity index (χ4v) is 5.49. The van der Waals surface area contributed by atoms with E-state index in [0.717, 1.165) is 57.1 Å². The Morgan fingerprint density at radius 1 is 1.03 bits per heavy atom. The van der Waals surface area contributed by atoms with Crippen LogP contribution in [-0.2, 0) is 6.54 Å². The van der Waals surface area contributed by atoms with Gasteiger partial charge in [0, 0.05) is 16.8 Å². The molecule has 0 radical (unpaired) electrons. The molecule has 1 saturated heterocycles. The zero-order valence-electron chi connectivity index (χ0n) is 19.2. The molecule has 0 saturated carbocycles. The number of rotatable bonds is 5. The van der Waals surface area contributed by atoms with E-state index in [1.165, 1.54) is 30.8 Å². The Morgan fingerprint density at radius 2 is 1.78 bits per heavy atom. The summed E-state index contributed by atoms with van der Waals surface area (Å²) in [7, 11) is 0. The van der Waals surface area contributed by atoms with E-state index in [0.29, 0.717) is 0 Å². The maximum Gasteiger partial charge on any atom is 0.188 e. The van der Waals surface area contributed by atoms with Gasteiger partial charge in [-0.2, -0.15) is 5.10 Å². The van der Waals surface area contributed by atoms with Crippen LogP contribution in [0.4, 0.5) is 10.9 Å². The molecule has 166 valence electrons. The molecule has 1 aliphatic rings. The van der Waals surface area contributed by atoms with E-state index in [9.17, 15) is 0 Å². The summed E-state index contributed by atoms with van der Waals surface area (Å²) in [6, 6.07) is 12.3. The zero-order valence-corrected chi connectivity index (χ0v) is 20.0. The van der Waals surface area contributed by atoms with Crippen LogP contribution >= 0.6 is 11.3 Å². The van der Waals surface area contributed by atoms with Crippen molar-refractivity contribution in [2.24, 2.45) is 5.92 Å². The first-order valence-electron chi connectivity index (χ1n) is 11.4. The number of pyridine rings is 1. The van der Waals surface area contributed by atoms with Crippen LogP contribution in [0.3, 0.4) is 0 Å². The van der Waals surface area contributed by atoms with Gasteiger partial charge in [0.15, 0.2) is 10.8 Å². The topological polar surface area (TPSA) is 58.9 Å². The van der Waals surface area contributed by atoms with Gasteiger partial charge in [0.05, 0.1) is 17.1 Å². The van der Waals surface area contributed by atoms with E-state index >= 15 is 0 Å². The number of thiazole rings is 1. The number of aryl methyl sites for hydroxylation is 3. The summed E-state index contributed by atoms with van der Waals surface area (Å²) in [6.45, 7) is 12.0. The lowest BCUT2D eigenvalue weighted by molar-refractivity contribution is 0.186. The summed E-state index contributed by atoms with van der Waals surface area (Å²) in [5.41, 5.74) is 5.14. The third kappa shape index (κ3) is 4.14. The fourth-order valence-electron chi connectivity index (χ4n) is 4.48. The lowest BCUT2D eigenvalue weighted by atomic mass is 9.99. The Hall–Kier alpha value is -2.77. The lowest BCUT2D eigenvalue weighted by Gasteiger charge is -2.29. The molecule has 1 aliphatic heterocycles. The number of fused-ring (bicyclic) bond motifs is 1. The predicted molar refractivity (Wildman–Crippen MR) is 132 cm³/mol. The first kappa shape index (κ1) is 21.1. The van der Waals surface area contributed by atoms with E-state index in [-0.39, 0.29) is 0 Å². The van der Waals surface area contributed by atoms with E-state index in [1.807, 2.05) is 29.8 Å². The van der Waals surface area contributed by atoms with Crippen LogP contribution < -0.4 is 5.32 Å². The molecule has 1 fully saturated rings. The van der Waals surface area contributed by atoms with E-state index in [2.05, 4.69) is 49.2 Å². The SMILES string of the molecule is Cc1nc(Nc2cc(C)c3c(C)nn(-c4ccccc4)c3n2)sc1CN1CCC(C)CC1. The van der Waals surface area contributed by atoms with Crippen molar-refractivity contribution in [2.75, 3.05) is 18.4 Å². The van der Waals surface area contributed by atoms with Crippen LogP contribution in [-0.4, -0.2) is 37.7 Å². The van der Waals surface area contributed by atoms with Crippen molar-refractivity contribution in [3.63, 3.8) is 0 Å². The van der Waals surface area contributed by atoms with Gasteiger partial charge in [0.25, 0.3) is 0 Å². The second-order valence-electron chi connectivity index (χ2n) is 8.97. The van der Waals surface area contributed by atoms with Crippen LogP contribution in [0.25, 0.3) is 16.7 Å². The largest absolute Gasteiger partial charge is 0.316 e. The van der Waals surface area contributed by atoms with Gasteiger partial charge in [0.2, 0.25) is 0 Å². The van der Waals surface area contributed by atoms with Crippen molar-refractivity contribution >= 4 is 33.3 Å². The van der Waals surface area contributed by atoms with E-state index in [1.54, 1.807) is 11.3 Å². The Labute approximate surface area is 193 Å². The number of para-hydroxylation sites is 1. The molecule has 3 aromatic heterocycles. The minimum Gasteiger partial charge on any atom is -0.316 e. The Kier molecular flexibility index (Phi) is 5.69. The summed E-state index contributed by atoms with van der Waals surface area (Å²) < 4.78 is 1.93. The highest BCUT2D eigenvalue weighted by atomic mass is 32.1. The maximum atomic E-state index is 4.94. The van der Waals surface area contributed by atoms with Gasteiger partial charge in [0.1, 0.15) is 5.82 Å². The number of aromatic nitrogens is 4. The number of likely N-dealkylation sites (tertiary alicyclic amines) is 1. The van der Waals surface area contributed by atoms with Crippen molar-refractivity contribution in [3.05, 3.63) is 58.2 Å². The number of hydrogen-bond acceptors (Lipinski definition) is 6. The van der Waals surface area contributed by atoms with Crippen LogP contribution in [0.5, 0.6) is 0 Å². The number of nitrogens with one attached hydrogen (secondary N) is 1. The first-order valence-corrected chi connectivity index (χ1v) is 12.2. The van der Waals surface area contributed by atoms with Crippen LogP contribution in [0.2, 0.25) is 0 Å². The van der Waals surface area contributed by atoms with Gasteiger partial charge in [-0.25, -0.2) is 14.6 Å². The third-order valence-corrected chi connectivity index (χ3v) is 7.44. The van der Waals surface area contributed by atoms with Crippen LogP contribution in [0, 0.1) is 26.7 Å². The highest BCUT2D eigenvalue weighted by Crippen LogP contribution is 2.30. The third-order valence-electron chi connectivity index (χ3n) is 6.38. The van der Waals surface area contributed by atoms with Gasteiger partial charge in [-0.15, -0.1) is 11.3 Å². The van der Waals surface area contributed by atoms with E-state index in [4.69, 9.17) is 15.1 Å². The molecule has 32 heavy (non-hydrogen) atoms. The molecule has 0 atom stereocenters. The highest BCUT2D eigenvalue weighted by Gasteiger charge is 2.19. The van der Waals surface area contributed by atoms with Gasteiger partial charge in [-0.3, -0.25) is 4.90 Å². The molecule has 1 aromatic carbocycles. The smallest absolute Gasteiger partial charge is 0.188 e. The molecule has 4 heterocycles. The molecule has 0 spiro atoms. The van der Waals surface area contributed by atoms with Crippen molar-refractivity contribution in [1.82, 2.24) is 24.6 Å². The van der Waals surface area contributed by atoms with E-state index < -0.39 is 0 Å². The first-order chi connectivity index (χ1) is 15.5. The normalized spacial score (nSPS) is 15.5. The lowest BCUT2D eigenvalue weighted by Crippen LogP contribution is -2.32. The Balaban J connectivity index is 1.42. The maximum absolute atomic E-state index is 4.94. The molecule has 1 N–H and O–H groups in total. The van der Waals surface area contributed by atoms with Crippen molar-refractivity contribution in [1.29, 1.82) is 0 Å². The minimum absolute atomic E-state index is 0.805.